The van der Waals surface area contributed by atoms with Crippen molar-refractivity contribution in [2.24, 2.45) is 0 Å². The van der Waals surface area contributed by atoms with E-state index < -0.39 is 0 Å². The molecule has 14 heavy (non-hydrogen) atoms. The number of nitrogens with zero attached hydrogens (tertiary/aromatic N) is 1. The highest BCUT2D eigenvalue weighted by Gasteiger charge is 2.09. The van der Waals surface area contributed by atoms with Crippen LogP contribution in [0.15, 0.2) is 0 Å². The van der Waals surface area contributed by atoms with Gasteiger partial charge >= 0.3 is 0 Å². The standard InChI is InChI=1S/C11H23ClN2/c1-2-11(12)10-13-6-5-9-14-7-3-4-8-14/h11,13H,2-10H2,1H3. The molecule has 0 spiro atoms. The highest BCUT2D eigenvalue weighted by molar-refractivity contribution is 6.20. The Balaban J connectivity index is 1.84. The van der Waals surface area contributed by atoms with E-state index in [4.69, 9.17) is 11.6 Å². The van der Waals surface area contributed by atoms with Crippen LogP contribution in [0.2, 0.25) is 0 Å². The summed E-state index contributed by atoms with van der Waals surface area (Å²) in [6.45, 7) is 8.08. The SMILES string of the molecule is CCC(Cl)CNCCCN1CCCC1. The zero-order valence-electron chi connectivity index (χ0n) is 9.27. The van der Waals surface area contributed by atoms with Crippen LogP contribution >= 0.6 is 11.6 Å². The van der Waals surface area contributed by atoms with Gasteiger partial charge in [-0.15, -0.1) is 11.6 Å². The summed E-state index contributed by atoms with van der Waals surface area (Å²) in [7, 11) is 0. The molecule has 1 fully saturated rings. The fourth-order valence-electron chi connectivity index (χ4n) is 1.84. The molecular formula is C11H23ClN2. The lowest BCUT2D eigenvalue weighted by Crippen LogP contribution is -2.28. The van der Waals surface area contributed by atoms with E-state index in [0.717, 1.165) is 19.5 Å². The van der Waals surface area contributed by atoms with Crippen LogP contribution in [0, 0.1) is 0 Å². The molecule has 1 aliphatic rings. The van der Waals surface area contributed by atoms with E-state index in [1.54, 1.807) is 0 Å². The molecule has 2 nitrogen and oxygen atoms in total. The lowest BCUT2D eigenvalue weighted by molar-refractivity contribution is 0.331. The molecule has 3 heteroatoms. The largest absolute Gasteiger partial charge is 0.315 e. The van der Waals surface area contributed by atoms with Crippen LogP contribution in [0.4, 0.5) is 0 Å². The molecular weight excluding hydrogens is 196 g/mol. The third-order valence-corrected chi connectivity index (χ3v) is 3.30. The van der Waals surface area contributed by atoms with Gasteiger partial charge in [-0.3, -0.25) is 0 Å². The zero-order valence-corrected chi connectivity index (χ0v) is 10.0. The second-order valence-corrected chi connectivity index (χ2v) is 4.73. The maximum Gasteiger partial charge on any atom is 0.0458 e. The van der Waals surface area contributed by atoms with E-state index in [9.17, 15) is 0 Å². The van der Waals surface area contributed by atoms with Crippen molar-refractivity contribution >= 4 is 11.6 Å². The van der Waals surface area contributed by atoms with Gasteiger partial charge in [0.15, 0.2) is 0 Å². The Morgan fingerprint density at radius 3 is 2.71 bits per heavy atom. The van der Waals surface area contributed by atoms with Crippen molar-refractivity contribution in [3.05, 3.63) is 0 Å². The molecule has 84 valence electrons. The molecule has 0 bridgehead atoms. The van der Waals surface area contributed by atoms with Crippen molar-refractivity contribution in [3.63, 3.8) is 0 Å². The minimum absolute atomic E-state index is 0.307. The second kappa shape index (κ2) is 7.49. The molecule has 1 unspecified atom stereocenters. The first kappa shape index (κ1) is 12.3. The second-order valence-electron chi connectivity index (χ2n) is 4.11. The van der Waals surface area contributed by atoms with Crippen LogP contribution < -0.4 is 5.32 Å². The van der Waals surface area contributed by atoms with Crippen LogP contribution in [0.1, 0.15) is 32.6 Å². The number of hydrogen-bond donors (Lipinski definition) is 1. The molecule has 0 aliphatic carbocycles. The molecule has 0 radical (unpaired) electrons. The molecule has 0 amide bonds. The smallest absolute Gasteiger partial charge is 0.0458 e. The Morgan fingerprint density at radius 2 is 2.07 bits per heavy atom. The Kier molecular flexibility index (Phi) is 6.57. The summed E-state index contributed by atoms with van der Waals surface area (Å²) in [6.07, 6.45) is 5.11. The zero-order chi connectivity index (χ0) is 10.2. The molecule has 0 aromatic heterocycles. The van der Waals surface area contributed by atoms with Crippen LogP contribution in [-0.4, -0.2) is 43.0 Å². The van der Waals surface area contributed by atoms with Crippen molar-refractivity contribution < 1.29 is 0 Å². The van der Waals surface area contributed by atoms with Crippen LogP contribution in [0.25, 0.3) is 0 Å². The maximum absolute atomic E-state index is 6.00. The van der Waals surface area contributed by atoms with Gasteiger partial charge in [0.25, 0.3) is 0 Å². The van der Waals surface area contributed by atoms with Crippen LogP contribution in [0.3, 0.4) is 0 Å². The van der Waals surface area contributed by atoms with E-state index in [-0.39, 0.29) is 0 Å². The van der Waals surface area contributed by atoms with Crippen molar-refractivity contribution in [3.8, 4) is 0 Å². The number of rotatable bonds is 7. The molecule has 1 saturated heterocycles. The topological polar surface area (TPSA) is 15.3 Å². The van der Waals surface area contributed by atoms with Gasteiger partial charge in [0, 0.05) is 11.9 Å². The van der Waals surface area contributed by atoms with Gasteiger partial charge in [0.1, 0.15) is 0 Å². The Bertz CT molecular complexity index is 135. The number of alkyl halides is 1. The van der Waals surface area contributed by atoms with Crippen molar-refractivity contribution in [1.82, 2.24) is 10.2 Å². The molecule has 0 aromatic rings. The number of nitrogens with one attached hydrogen (secondary N) is 1. The first-order valence-corrected chi connectivity index (χ1v) is 6.33. The molecule has 1 heterocycles. The summed E-state index contributed by atoms with van der Waals surface area (Å²) >= 11 is 6.00. The van der Waals surface area contributed by atoms with E-state index in [0.29, 0.717) is 5.38 Å². The maximum atomic E-state index is 6.00. The Morgan fingerprint density at radius 1 is 1.36 bits per heavy atom. The molecule has 1 N–H and O–H groups in total. The van der Waals surface area contributed by atoms with E-state index in [1.165, 1.54) is 38.9 Å². The van der Waals surface area contributed by atoms with Gasteiger partial charge in [-0.05, 0) is 51.9 Å². The van der Waals surface area contributed by atoms with E-state index >= 15 is 0 Å². The highest BCUT2D eigenvalue weighted by atomic mass is 35.5. The number of likely N-dealkylation sites (tertiary alicyclic amines) is 1. The van der Waals surface area contributed by atoms with Gasteiger partial charge in [-0.1, -0.05) is 6.92 Å². The van der Waals surface area contributed by atoms with Crippen LogP contribution in [-0.2, 0) is 0 Å². The molecule has 1 aliphatic heterocycles. The third-order valence-electron chi connectivity index (χ3n) is 2.84. The lowest BCUT2D eigenvalue weighted by atomic mass is 10.3. The lowest BCUT2D eigenvalue weighted by Gasteiger charge is -2.14. The predicted molar refractivity (Wildman–Crippen MR) is 63.1 cm³/mol. The summed E-state index contributed by atoms with van der Waals surface area (Å²) < 4.78 is 0. The average Bonchev–Trinajstić information content (AvgIpc) is 2.69. The number of halogens is 1. The third kappa shape index (κ3) is 5.18. The summed E-state index contributed by atoms with van der Waals surface area (Å²) in [5, 5.41) is 3.71. The molecule has 0 aromatic carbocycles. The summed E-state index contributed by atoms with van der Waals surface area (Å²) in [5.41, 5.74) is 0. The Labute approximate surface area is 93.0 Å². The highest BCUT2D eigenvalue weighted by Crippen LogP contribution is 2.06. The van der Waals surface area contributed by atoms with Crippen molar-refractivity contribution in [1.29, 1.82) is 0 Å². The van der Waals surface area contributed by atoms with Gasteiger partial charge < -0.3 is 10.2 Å². The normalized spacial score (nSPS) is 20.1. The van der Waals surface area contributed by atoms with Gasteiger partial charge in [0.2, 0.25) is 0 Å². The summed E-state index contributed by atoms with van der Waals surface area (Å²) in [5.74, 6) is 0. The fourth-order valence-corrected chi connectivity index (χ4v) is 1.95. The van der Waals surface area contributed by atoms with Gasteiger partial charge in [0.05, 0.1) is 0 Å². The molecule has 0 saturated carbocycles. The minimum atomic E-state index is 0.307. The monoisotopic (exact) mass is 218 g/mol. The van der Waals surface area contributed by atoms with Crippen molar-refractivity contribution in [2.45, 2.75) is 38.0 Å². The number of hydrogen-bond acceptors (Lipinski definition) is 2. The summed E-state index contributed by atoms with van der Waals surface area (Å²) in [4.78, 5) is 2.56. The first-order chi connectivity index (χ1) is 6.83. The van der Waals surface area contributed by atoms with E-state index in [2.05, 4.69) is 17.1 Å². The Hall–Kier alpha value is 0.210. The summed E-state index contributed by atoms with van der Waals surface area (Å²) in [6, 6.07) is 0. The van der Waals surface area contributed by atoms with Gasteiger partial charge in [-0.2, -0.15) is 0 Å². The molecule has 1 atom stereocenters. The van der Waals surface area contributed by atoms with Crippen molar-refractivity contribution in [2.75, 3.05) is 32.7 Å². The fraction of sp³-hybridized carbons (Fsp3) is 1.00. The minimum Gasteiger partial charge on any atom is -0.315 e. The quantitative estimate of drug-likeness (QED) is 0.520. The molecule has 1 rings (SSSR count). The predicted octanol–water partition coefficient (Wildman–Crippen LogP) is 2.08. The first-order valence-electron chi connectivity index (χ1n) is 5.90. The van der Waals surface area contributed by atoms with E-state index in [1.807, 2.05) is 0 Å². The average molecular weight is 219 g/mol. The van der Waals surface area contributed by atoms with Gasteiger partial charge in [-0.25, -0.2) is 0 Å². The van der Waals surface area contributed by atoms with Crippen LogP contribution in [0.5, 0.6) is 0 Å².